The van der Waals surface area contributed by atoms with Crippen LogP contribution in [-0.4, -0.2) is 38.9 Å². The van der Waals surface area contributed by atoms with Gasteiger partial charge in [0.25, 0.3) is 0 Å². The molecule has 1 aliphatic rings. The molecule has 1 aliphatic heterocycles. The molecule has 4 nitrogen and oxygen atoms in total. The minimum absolute atomic E-state index is 0. The van der Waals surface area contributed by atoms with Crippen molar-refractivity contribution >= 4 is 22.4 Å². The van der Waals surface area contributed by atoms with Crippen LogP contribution in [0.3, 0.4) is 0 Å². The summed E-state index contributed by atoms with van der Waals surface area (Å²) in [5, 5.41) is 3.26. The van der Waals surface area contributed by atoms with Crippen LogP contribution in [0.5, 0.6) is 0 Å². The standard InChI is InChI=1S/C15H24N2O2S.ClH/c1-12(2)13-5-4-6-15(11-13)20(18,19)17(3)14-7-9-16-10-8-14;/h4-6,11-12,14,16H,7-10H2,1-3H3;1H. The molecule has 0 aromatic heterocycles. The Morgan fingerprint density at radius 2 is 1.86 bits per heavy atom. The van der Waals surface area contributed by atoms with Gasteiger partial charge in [0.05, 0.1) is 4.90 Å². The van der Waals surface area contributed by atoms with E-state index in [0.29, 0.717) is 10.8 Å². The Bertz CT molecular complexity index is 555. The van der Waals surface area contributed by atoms with E-state index in [1.807, 2.05) is 12.1 Å². The summed E-state index contributed by atoms with van der Waals surface area (Å²) in [5.74, 6) is 0.328. The molecule has 0 radical (unpaired) electrons. The van der Waals surface area contributed by atoms with Gasteiger partial charge in [-0.2, -0.15) is 4.31 Å². The van der Waals surface area contributed by atoms with Gasteiger partial charge in [0.2, 0.25) is 10.0 Å². The largest absolute Gasteiger partial charge is 0.317 e. The van der Waals surface area contributed by atoms with Crippen LogP contribution in [0, 0.1) is 0 Å². The van der Waals surface area contributed by atoms with E-state index in [1.54, 1.807) is 23.5 Å². The van der Waals surface area contributed by atoms with Crippen LogP contribution in [0.2, 0.25) is 0 Å². The molecule has 0 amide bonds. The Balaban J connectivity index is 0.00000220. The summed E-state index contributed by atoms with van der Waals surface area (Å²) >= 11 is 0. The fourth-order valence-electron chi connectivity index (χ4n) is 2.57. The van der Waals surface area contributed by atoms with Crippen molar-refractivity contribution in [1.82, 2.24) is 9.62 Å². The Morgan fingerprint density at radius 3 is 2.43 bits per heavy atom. The maximum atomic E-state index is 12.7. The lowest BCUT2D eigenvalue weighted by atomic mass is 10.0. The summed E-state index contributed by atoms with van der Waals surface area (Å²) < 4.78 is 27.0. The lowest BCUT2D eigenvalue weighted by Gasteiger charge is -2.31. The Hall–Kier alpha value is -0.620. The molecule has 120 valence electrons. The van der Waals surface area contributed by atoms with Crippen molar-refractivity contribution in [2.45, 2.75) is 43.5 Å². The van der Waals surface area contributed by atoms with E-state index in [-0.39, 0.29) is 18.4 Å². The highest BCUT2D eigenvalue weighted by Gasteiger charge is 2.29. The molecule has 0 bridgehead atoms. The van der Waals surface area contributed by atoms with Gasteiger partial charge in [0.1, 0.15) is 0 Å². The molecule has 6 heteroatoms. The second kappa shape index (κ2) is 7.58. The van der Waals surface area contributed by atoms with Gasteiger partial charge in [0.15, 0.2) is 0 Å². The van der Waals surface area contributed by atoms with Crippen LogP contribution in [-0.2, 0) is 10.0 Å². The number of sulfonamides is 1. The lowest BCUT2D eigenvalue weighted by molar-refractivity contribution is 0.296. The van der Waals surface area contributed by atoms with Crippen LogP contribution in [0.4, 0.5) is 0 Å². The van der Waals surface area contributed by atoms with E-state index in [2.05, 4.69) is 19.2 Å². The van der Waals surface area contributed by atoms with Crippen molar-refractivity contribution < 1.29 is 8.42 Å². The third-order valence-electron chi connectivity index (χ3n) is 4.02. The number of nitrogens with zero attached hydrogens (tertiary/aromatic N) is 1. The number of benzene rings is 1. The molecule has 0 aliphatic carbocycles. The van der Waals surface area contributed by atoms with Crippen LogP contribution in [0.25, 0.3) is 0 Å². The molecule has 0 unspecified atom stereocenters. The predicted molar refractivity (Wildman–Crippen MR) is 88.6 cm³/mol. The van der Waals surface area contributed by atoms with Crippen molar-refractivity contribution in [2.75, 3.05) is 20.1 Å². The third-order valence-corrected chi connectivity index (χ3v) is 5.93. The Morgan fingerprint density at radius 1 is 1.24 bits per heavy atom. The normalized spacial score (nSPS) is 17.0. The average Bonchev–Trinajstić information content (AvgIpc) is 2.47. The van der Waals surface area contributed by atoms with Crippen molar-refractivity contribution in [1.29, 1.82) is 0 Å². The van der Waals surface area contributed by atoms with Crippen molar-refractivity contribution in [3.63, 3.8) is 0 Å². The van der Waals surface area contributed by atoms with E-state index in [4.69, 9.17) is 0 Å². The van der Waals surface area contributed by atoms with Crippen molar-refractivity contribution in [2.24, 2.45) is 0 Å². The molecule has 1 heterocycles. The highest BCUT2D eigenvalue weighted by atomic mass is 35.5. The first kappa shape index (κ1) is 18.4. The minimum atomic E-state index is -3.39. The molecule has 2 rings (SSSR count). The lowest BCUT2D eigenvalue weighted by Crippen LogP contribution is -2.43. The summed E-state index contributed by atoms with van der Waals surface area (Å²) in [5.41, 5.74) is 1.06. The highest BCUT2D eigenvalue weighted by Crippen LogP contribution is 2.23. The van der Waals surface area contributed by atoms with Gasteiger partial charge in [-0.05, 0) is 49.5 Å². The summed E-state index contributed by atoms with van der Waals surface area (Å²) in [4.78, 5) is 0.407. The Labute approximate surface area is 134 Å². The second-order valence-corrected chi connectivity index (χ2v) is 7.73. The van der Waals surface area contributed by atoms with Crippen LogP contribution in [0.1, 0.15) is 38.2 Å². The topological polar surface area (TPSA) is 49.4 Å². The summed E-state index contributed by atoms with van der Waals surface area (Å²) in [6.45, 7) is 5.91. The van der Waals surface area contributed by atoms with Gasteiger partial charge in [0, 0.05) is 13.1 Å². The molecule has 1 fully saturated rings. The maximum Gasteiger partial charge on any atom is 0.243 e. The molecular formula is C15H25ClN2O2S. The average molecular weight is 333 g/mol. The number of piperidine rings is 1. The molecule has 1 aromatic rings. The first-order valence-corrected chi connectivity index (χ1v) is 8.65. The van der Waals surface area contributed by atoms with E-state index in [1.165, 1.54) is 0 Å². The maximum absolute atomic E-state index is 12.7. The minimum Gasteiger partial charge on any atom is -0.317 e. The van der Waals surface area contributed by atoms with Gasteiger partial charge in [-0.15, -0.1) is 12.4 Å². The van der Waals surface area contributed by atoms with E-state index >= 15 is 0 Å². The molecule has 1 aromatic carbocycles. The quantitative estimate of drug-likeness (QED) is 0.922. The van der Waals surface area contributed by atoms with Crippen molar-refractivity contribution in [3.8, 4) is 0 Å². The van der Waals surface area contributed by atoms with Gasteiger partial charge >= 0.3 is 0 Å². The van der Waals surface area contributed by atoms with Crippen molar-refractivity contribution in [3.05, 3.63) is 29.8 Å². The third kappa shape index (κ3) is 4.19. The zero-order chi connectivity index (χ0) is 14.8. The molecule has 21 heavy (non-hydrogen) atoms. The first-order chi connectivity index (χ1) is 9.43. The van der Waals surface area contributed by atoms with Gasteiger partial charge < -0.3 is 5.32 Å². The smallest absolute Gasteiger partial charge is 0.243 e. The molecule has 0 saturated carbocycles. The highest BCUT2D eigenvalue weighted by molar-refractivity contribution is 7.89. The Kier molecular flexibility index (Phi) is 6.66. The number of halogens is 1. The van der Waals surface area contributed by atoms with Gasteiger partial charge in [-0.1, -0.05) is 26.0 Å². The summed E-state index contributed by atoms with van der Waals surface area (Å²) in [6, 6.07) is 7.41. The fraction of sp³-hybridized carbons (Fsp3) is 0.600. The molecule has 0 atom stereocenters. The van der Waals surface area contributed by atoms with E-state index < -0.39 is 10.0 Å². The van der Waals surface area contributed by atoms with Crippen LogP contribution in [0.15, 0.2) is 29.2 Å². The van der Waals surface area contributed by atoms with E-state index in [9.17, 15) is 8.42 Å². The number of hydrogen-bond donors (Lipinski definition) is 1. The zero-order valence-corrected chi connectivity index (χ0v) is 14.5. The fourth-order valence-corrected chi connectivity index (χ4v) is 4.04. The van der Waals surface area contributed by atoms with Crippen LogP contribution < -0.4 is 5.32 Å². The SMILES string of the molecule is CC(C)c1cccc(S(=O)(=O)N(C)C2CCNCC2)c1.Cl. The number of rotatable bonds is 4. The number of hydrogen-bond acceptors (Lipinski definition) is 3. The first-order valence-electron chi connectivity index (χ1n) is 7.21. The second-order valence-electron chi connectivity index (χ2n) is 5.73. The van der Waals surface area contributed by atoms with Gasteiger partial charge in [-0.3, -0.25) is 0 Å². The predicted octanol–water partition coefficient (Wildman–Crippen LogP) is 2.60. The summed E-state index contributed by atoms with van der Waals surface area (Å²) in [7, 11) is -1.69. The molecular weight excluding hydrogens is 308 g/mol. The van der Waals surface area contributed by atoms with E-state index in [0.717, 1.165) is 31.5 Å². The number of nitrogens with one attached hydrogen (secondary N) is 1. The summed E-state index contributed by atoms with van der Waals surface area (Å²) in [6.07, 6.45) is 1.75. The molecule has 1 saturated heterocycles. The molecule has 1 N–H and O–H groups in total. The van der Waals surface area contributed by atoms with Gasteiger partial charge in [-0.25, -0.2) is 8.42 Å². The zero-order valence-electron chi connectivity index (χ0n) is 12.9. The van der Waals surface area contributed by atoms with Crippen LogP contribution >= 0.6 is 12.4 Å². The molecule has 0 spiro atoms. The monoisotopic (exact) mass is 332 g/mol.